The van der Waals surface area contributed by atoms with E-state index in [1.165, 1.54) is 0 Å². The quantitative estimate of drug-likeness (QED) is 0.870. The van der Waals surface area contributed by atoms with Gasteiger partial charge in [0.05, 0.1) is 18.8 Å². The number of aliphatic hydroxyl groups excluding tert-OH is 1. The lowest BCUT2D eigenvalue weighted by Gasteiger charge is -2.20. The van der Waals surface area contributed by atoms with Gasteiger partial charge < -0.3 is 15.2 Å². The average molecular weight is 335 g/mol. The molecular formula is C13H17BrClNO2. The van der Waals surface area contributed by atoms with Gasteiger partial charge in [-0.05, 0) is 30.5 Å². The van der Waals surface area contributed by atoms with E-state index < -0.39 is 0 Å². The molecule has 0 saturated carbocycles. The number of hydrogen-bond acceptors (Lipinski definition) is 3. The molecule has 3 nitrogen and oxygen atoms in total. The molecule has 1 aromatic rings. The molecule has 100 valence electrons. The Kier molecular flexibility index (Phi) is 5.45. The van der Waals surface area contributed by atoms with Crippen molar-refractivity contribution >= 4 is 27.5 Å². The molecule has 0 aromatic heterocycles. The molecule has 1 saturated heterocycles. The first kappa shape index (κ1) is 14.3. The molecule has 1 heterocycles. The van der Waals surface area contributed by atoms with Gasteiger partial charge >= 0.3 is 0 Å². The van der Waals surface area contributed by atoms with Gasteiger partial charge in [-0.25, -0.2) is 0 Å². The van der Waals surface area contributed by atoms with Crippen LogP contribution in [0.2, 0.25) is 5.02 Å². The third-order valence-corrected chi connectivity index (χ3v) is 4.06. The van der Waals surface area contributed by atoms with Crippen molar-refractivity contribution in [1.82, 2.24) is 5.32 Å². The topological polar surface area (TPSA) is 41.5 Å². The smallest absolute Gasteiger partial charge is 0.0700 e. The third-order valence-electron chi connectivity index (χ3n) is 3.14. The van der Waals surface area contributed by atoms with Crippen molar-refractivity contribution in [3.05, 3.63) is 33.3 Å². The second-order valence-electron chi connectivity index (χ2n) is 4.44. The molecule has 18 heavy (non-hydrogen) atoms. The number of benzene rings is 1. The van der Waals surface area contributed by atoms with E-state index in [1.807, 2.05) is 18.2 Å². The summed E-state index contributed by atoms with van der Waals surface area (Å²) in [6.07, 6.45) is 2.48. The van der Waals surface area contributed by atoms with Crippen LogP contribution in [0.25, 0.3) is 0 Å². The Morgan fingerprint density at radius 3 is 3.00 bits per heavy atom. The van der Waals surface area contributed by atoms with Crippen molar-refractivity contribution in [2.24, 2.45) is 0 Å². The zero-order valence-electron chi connectivity index (χ0n) is 10.0. The molecular weight excluding hydrogens is 318 g/mol. The van der Waals surface area contributed by atoms with Gasteiger partial charge in [-0.3, -0.25) is 0 Å². The largest absolute Gasteiger partial charge is 0.394 e. The summed E-state index contributed by atoms with van der Waals surface area (Å²) >= 11 is 9.39. The van der Waals surface area contributed by atoms with Crippen LogP contribution in [-0.4, -0.2) is 31.0 Å². The van der Waals surface area contributed by atoms with Crippen molar-refractivity contribution in [1.29, 1.82) is 0 Å². The van der Waals surface area contributed by atoms with Crippen molar-refractivity contribution in [3.63, 3.8) is 0 Å². The van der Waals surface area contributed by atoms with Crippen molar-refractivity contribution < 1.29 is 9.84 Å². The minimum atomic E-state index is -0.0964. The van der Waals surface area contributed by atoms with E-state index in [2.05, 4.69) is 21.2 Å². The van der Waals surface area contributed by atoms with E-state index >= 15 is 0 Å². The SMILES string of the molecule is OCC(NCC1CCCO1)c1ccc(Cl)cc1Br. The number of ether oxygens (including phenoxy) is 1. The normalized spacial score (nSPS) is 21.2. The van der Waals surface area contributed by atoms with Crippen LogP contribution in [0.4, 0.5) is 0 Å². The third kappa shape index (κ3) is 3.68. The molecule has 0 aliphatic carbocycles. The molecule has 2 rings (SSSR count). The fourth-order valence-corrected chi connectivity index (χ4v) is 3.10. The molecule has 5 heteroatoms. The number of hydrogen-bond donors (Lipinski definition) is 2. The molecule has 1 aliphatic rings. The summed E-state index contributed by atoms with van der Waals surface area (Å²) in [4.78, 5) is 0. The van der Waals surface area contributed by atoms with Crippen LogP contribution >= 0.6 is 27.5 Å². The summed E-state index contributed by atoms with van der Waals surface area (Å²) in [6.45, 7) is 1.66. The summed E-state index contributed by atoms with van der Waals surface area (Å²) in [5.74, 6) is 0. The van der Waals surface area contributed by atoms with Gasteiger partial charge in [-0.1, -0.05) is 33.6 Å². The Morgan fingerprint density at radius 1 is 1.56 bits per heavy atom. The highest BCUT2D eigenvalue weighted by Crippen LogP contribution is 2.26. The van der Waals surface area contributed by atoms with Crippen molar-refractivity contribution in [2.45, 2.75) is 25.0 Å². The second kappa shape index (κ2) is 6.87. The van der Waals surface area contributed by atoms with Crippen LogP contribution in [-0.2, 0) is 4.74 Å². The lowest BCUT2D eigenvalue weighted by molar-refractivity contribution is 0.104. The first-order valence-corrected chi connectivity index (χ1v) is 7.28. The molecule has 0 bridgehead atoms. The second-order valence-corrected chi connectivity index (χ2v) is 5.74. The molecule has 1 aromatic carbocycles. The van der Waals surface area contributed by atoms with Gasteiger partial charge in [0.15, 0.2) is 0 Å². The van der Waals surface area contributed by atoms with Crippen LogP contribution in [0.15, 0.2) is 22.7 Å². The molecule has 2 N–H and O–H groups in total. The highest BCUT2D eigenvalue weighted by atomic mass is 79.9. The average Bonchev–Trinajstić information content (AvgIpc) is 2.85. The number of rotatable bonds is 5. The van der Waals surface area contributed by atoms with E-state index in [-0.39, 0.29) is 18.8 Å². The van der Waals surface area contributed by atoms with Gasteiger partial charge in [0.25, 0.3) is 0 Å². The van der Waals surface area contributed by atoms with Crippen LogP contribution in [0.5, 0.6) is 0 Å². The summed E-state index contributed by atoms with van der Waals surface area (Å²) in [5, 5.41) is 13.5. The summed E-state index contributed by atoms with van der Waals surface area (Å²) in [6, 6.07) is 5.50. The van der Waals surface area contributed by atoms with Crippen molar-refractivity contribution in [2.75, 3.05) is 19.8 Å². The van der Waals surface area contributed by atoms with Gasteiger partial charge in [0, 0.05) is 22.6 Å². The summed E-state index contributed by atoms with van der Waals surface area (Å²) in [5.41, 5.74) is 1.01. The Morgan fingerprint density at radius 2 is 2.39 bits per heavy atom. The summed E-state index contributed by atoms with van der Waals surface area (Å²) < 4.78 is 6.47. The number of aliphatic hydroxyl groups is 1. The van der Waals surface area contributed by atoms with E-state index in [0.717, 1.165) is 36.0 Å². The Bertz CT molecular complexity index is 397. The standard InChI is InChI=1S/C13H17BrClNO2/c14-12-6-9(15)3-4-11(12)13(8-17)16-7-10-2-1-5-18-10/h3-4,6,10,13,16-17H,1-2,5,7-8H2. The first-order chi connectivity index (χ1) is 8.70. The molecule has 0 radical (unpaired) electrons. The molecule has 2 unspecified atom stereocenters. The van der Waals surface area contributed by atoms with Crippen LogP contribution in [0.1, 0.15) is 24.4 Å². The molecule has 2 atom stereocenters. The molecule has 0 spiro atoms. The van der Waals surface area contributed by atoms with Crippen LogP contribution in [0.3, 0.4) is 0 Å². The van der Waals surface area contributed by atoms with Crippen molar-refractivity contribution in [3.8, 4) is 0 Å². The maximum absolute atomic E-state index is 9.49. The van der Waals surface area contributed by atoms with E-state index in [0.29, 0.717) is 5.02 Å². The Labute approximate surface area is 121 Å². The Hall–Kier alpha value is -0.130. The fourth-order valence-electron chi connectivity index (χ4n) is 2.14. The van der Waals surface area contributed by atoms with Gasteiger partial charge in [-0.2, -0.15) is 0 Å². The molecule has 1 fully saturated rings. The lowest BCUT2D eigenvalue weighted by Crippen LogP contribution is -2.32. The zero-order valence-corrected chi connectivity index (χ0v) is 12.4. The lowest BCUT2D eigenvalue weighted by atomic mass is 10.1. The molecule has 0 amide bonds. The maximum Gasteiger partial charge on any atom is 0.0700 e. The minimum absolute atomic E-state index is 0.0486. The van der Waals surface area contributed by atoms with E-state index in [1.54, 1.807) is 0 Å². The number of halogens is 2. The van der Waals surface area contributed by atoms with Crippen LogP contribution < -0.4 is 5.32 Å². The number of nitrogens with one attached hydrogen (secondary N) is 1. The van der Waals surface area contributed by atoms with Gasteiger partial charge in [-0.15, -0.1) is 0 Å². The maximum atomic E-state index is 9.49. The summed E-state index contributed by atoms with van der Waals surface area (Å²) in [7, 11) is 0. The predicted octanol–water partition coefficient (Wildman–Crippen LogP) is 2.90. The van der Waals surface area contributed by atoms with E-state index in [9.17, 15) is 5.11 Å². The predicted molar refractivity (Wildman–Crippen MR) is 76.0 cm³/mol. The van der Waals surface area contributed by atoms with Gasteiger partial charge in [0.1, 0.15) is 0 Å². The highest BCUT2D eigenvalue weighted by molar-refractivity contribution is 9.10. The fraction of sp³-hybridized carbons (Fsp3) is 0.538. The van der Waals surface area contributed by atoms with E-state index in [4.69, 9.17) is 16.3 Å². The Balaban J connectivity index is 1.98. The molecule has 1 aliphatic heterocycles. The van der Waals surface area contributed by atoms with Crippen LogP contribution in [0, 0.1) is 0 Å². The zero-order chi connectivity index (χ0) is 13.0. The minimum Gasteiger partial charge on any atom is -0.394 e. The monoisotopic (exact) mass is 333 g/mol. The highest BCUT2D eigenvalue weighted by Gasteiger charge is 2.19. The van der Waals surface area contributed by atoms with Gasteiger partial charge in [0.2, 0.25) is 0 Å². The first-order valence-electron chi connectivity index (χ1n) is 6.11.